The minimum absolute atomic E-state index is 0.0676. The van der Waals surface area contributed by atoms with Crippen LogP contribution in [0, 0.1) is 11.3 Å². The fraction of sp³-hybridized carbons (Fsp3) is 0.0800. The van der Waals surface area contributed by atoms with E-state index in [1.54, 1.807) is 37.3 Å². The van der Waals surface area contributed by atoms with E-state index >= 15 is 0 Å². The Morgan fingerprint density at radius 1 is 1.03 bits per heavy atom. The number of hydrogen-bond donors (Lipinski definition) is 0. The van der Waals surface area contributed by atoms with Gasteiger partial charge in [-0.1, -0.05) is 53.5 Å². The van der Waals surface area contributed by atoms with E-state index in [1.165, 1.54) is 6.08 Å². The SMILES string of the molecule is CC1=C(C#N)C(=O)N(Cc2ccccc2)C(=O)/C1=C/c1ccc(-c2ccc(Cl)cc2Cl)o1. The van der Waals surface area contributed by atoms with Crippen LogP contribution in [0.5, 0.6) is 0 Å². The van der Waals surface area contributed by atoms with Gasteiger partial charge in [0.05, 0.1) is 11.6 Å². The van der Waals surface area contributed by atoms with Crippen molar-refractivity contribution in [2.75, 3.05) is 0 Å². The minimum atomic E-state index is -0.607. The highest BCUT2D eigenvalue weighted by Crippen LogP contribution is 2.33. The molecule has 0 aliphatic carbocycles. The Balaban J connectivity index is 1.72. The Hall–Kier alpha value is -3.59. The normalized spacial score (nSPS) is 15.4. The van der Waals surface area contributed by atoms with Crippen molar-refractivity contribution in [3.63, 3.8) is 0 Å². The average Bonchev–Trinajstić information content (AvgIpc) is 3.24. The van der Waals surface area contributed by atoms with E-state index in [0.717, 1.165) is 10.5 Å². The number of nitriles is 1. The topological polar surface area (TPSA) is 74.3 Å². The molecule has 32 heavy (non-hydrogen) atoms. The number of rotatable bonds is 4. The number of carbonyl (C=O) groups excluding carboxylic acids is 2. The summed E-state index contributed by atoms with van der Waals surface area (Å²) < 4.78 is 5.87. The Kier molecular flexibility index (Phi) is 6.00. The predicted octanol–water partition coefficient (Wildman–Crippen LogP) is 6.05. The number of hydrogen-bond acceptors (Lipinski definition) is 4. The largest absolute Gasteiger partial charge is 0.457 e. The van der Waals surface area contributed by atoms with Gasteiger partial charge in [0.1, 0.15) is 23.2 Å². The van der Waals surface area contributed by atoms with Gasteiger partial charge in [-0.2, -0.15) is 5.26 Å². The second kappa shape index (κ2) is 8.88. The molecule has 2 aromatic carbocycles. The summed E-state index contributed by atoms with van der Waals surface area (Å²) in [6.45, 7) is 1.65. The van der Waals surface area contributed by atoms with Gasteiger partial charge in [0.15, 0.2) is 0 Å². The number of benzene rings is 2. The number of imide groups is 1. The van der Waals surface area contributed by atoms with E-state index in [0.29, 0.717) is 32.7 Å². The quantitative estimate of drug-likeness (QED) is 0.349. The third kappa shape index (κ3) is 4.11. The summed E-state index contributed by atoms with van der Waals surface area (Å²) in [4.78, 5) is 27.1. The van der Waals surface area contributed by atoms with Crippen molar-refractivity contribution < 1.29 is 14.0 Å². The molecule has 3 aromatic rings. The van der Waals surface area contributed by atoms with Crippen molar-refractivity contribution in [3.8, 4) is 17.4 Å². The monoisotopic (exact) mass is 462 g/mol. The zero-order valence-corrected chi connectivity index (χ0v) is 18.4. The first kappa shape index (κ1) is 21.6. The minimum Gasteiger partial charge on any atom is -0.457 e. The smallest absolute Gasteiger partial charge is 0.271 e. The van der Waals surface area contributed by atoms with E-state index < -0.39 is 11.8 Å². The summed E-state index contributed by atoms with van der Waals surface area (Å²) in [6.07, 6.45) is 1.53. The summed E-state index contributed by atoms with van der Waals surface area (Å²) in [5.74, 6) is -0.205. The molecule has 0 N–H and O–H groups in total. The first-order valence-corrected chi connectivity index (χ1v) is 10.4. The van der Waals surface area contributed by atoms with Gasteiger partial charge < -0.3 is 4.42 Å². The summed E-state index contributed by atoms with van der Waals surface area (Å²) in [6, 6.07) is 19.5. The third-order valence-corrected chi connectivity index (χ3v) is 5.67. The Bertz CT molecular complexity index is 1330. The Morgan fingerprint density at radius 3 is 2.47 bits per heavy atom. The molecule has 1 aromatic heterocycles. The standard InChI is InChI=1S/C25H16Cl2N2O3/c1-15-20(12-18-8-10-23(32-18)19-9-7-17(26)11-22(19)27)24(30)29(25(31)21(15)13-28)14-16-5-3-2-4-6-16/h2-12H,14H2,1H3/b20-12+. The second-order valence-corrected chi connectivity index (χ2v) is 8.02. The van der Waals surface area contributed by atoms with Crippen LogP contribution in [0.4, 0.5) is 0 Å². The van der Waals surface area contributed by atoms with Crippen molar-refractivity contribution in [2.24, 2.45) is 0 Å². The van der Waals surface area contributed by atoms with Gasteiger partial charge in [-0.25, -0.2) is 0 Å². The van der Waals surface area contributed by atoms with Crippen molar-refractivity contribution in [1.82, 2.24) is 4.90 Å². The van der Waals surface area contributed by atoms with Gasteiger partial charge >= 0.3 is 0 Å². The van der Waals surface area contributed by atoms with E-state index in [4.69, 9.17) is 27.6 Å². The highest BCUT2D eigenvalue weighted by molar-refractivity contribution is 6.36. The average molecular weight is 463 g/mol. The summed E-state index contributed by atoms with van der Waals surface area (Å²) in [5.41, 5.74) is 1.90. The summed E-state index contributed by atoms with van der Waals surface area (Å²) >= 11 is 12.2. The lowest BCUT2D eigenvalue weighted by Gasteiger charge is -2.27. The third-order valence-electron chi connectivity index (χ3n) is 5.12. The van der Waals surface area contributed by atoms with Crippen molar-refractivity contribution in [3.05, 3.63) is 98.8 Å². The molecule has 0 radical (unpaired) electrons. The van der Waals surface area contributed by atoms with Crippen LogP contribution >= 0.6 is 23.2 Å². The predicted molar refractivity (Wildman–Crippen MR) is 122 cm³/mol. The maximum atomic E-state index is 13.2. The van der Waals surface area contributed by atoms with E-state index in [-0.39, 0.29) is 17.7 Å². The molecule has 4 rings (SSSR count). The molecule has 0 atom stereocenters. The Labute approximate surface area is 194 Å². The summed E-state index contributed by atoms with van der Waals surface area (Å²) in [5, 5.41) is 10.5. The van der Waals surface area contributed by atoms with Crippen molar-refractivity contribution >= 4 is 41.1 Å². The van der Waals surface area contributed by atoms with E-state index in [2.05, 4.69) is 0 Å². The van der Waals surface area contributed by atoms with Gasteiger partial charge in [0, 0.05) is 16.2 Å². The molecule has 2 heterocycles. The van der Waals surface area contributed by atoms with Crippen molar-refractivity contribution in [2.45, 2.75) is 13.5 Å². The van der Waals surface area contributed by atoms with Gasteiger partial charge in [-0.3, -0.25) is 14.5 Å². The van der Waals surface area contributed by atoms with Crippen LogP contribution < -0.4 is 0 Å². The number of amides is 2. The molecule has 0 saturated carbocycles. The van der Waals surface area contributed by atoms with Gasteiger partial charge in [-0.15, -0.1) is 0 Å². The van der Waals surface area contributed by atoms with Crippen LogP contribution in [0.25, 0.3) is 17.4 Å². The lowest BCUT2D eigenvalue weighted by Crippen LogP contribution is -2.42. The first-order chi connectivity index (χ1) is 15.4. The molecule has 0 spiro atoms. The Morgan fingerprint density at radius 2 is 1.78 bits per heavy atom. The van der Waals surface area contributed by atoms with Crippen LogP contribution in [0.2, 0.25) is 10.0 Å². The lowest BCUT2D eigenvalue weighted by molar-refractivity contribution is -0.141. The van der Waals surface area contributed by atoms with Gasteiger partial charge in [0.25, 0.3) is 11.8 Å². The molecular weight excluding hydrogens is 447 g/mol. The van der Waals surface area contributed by atoms with Crippen LogP contribution in [-0.4, -0.2) is 16.7 Å². The van der Waals surface area contributed by atoms with Gasteiger partial charge in [0.2, 0.25) is 0 Å². The zero-order valence-electron chi connectivity index (χ0n) is 16.9. The van der Waals surface area contributed by atoms with E-state index in [9.17, 15) is 14.9 Å². The number of carbonyl (C=O) groups is 2. The van der Waals surface area contributed by atoms with Gasteiger partial charge in [-0.05, 0) is 54.5 Å². The molecule has 0 unspecified atom stereocenters. The van der Waals surface area contributed by atoms with Crippen LogP contribution in [0.1, 0.15) is 18.2 Å². The van der Waals surface area contributed by atoms with Crippen LogP contribution in [0.3, 0.4) is 0 Å². The number of halogens is 2. The molecular formula is C25H16Cl2N2O3. The van der Waals surface area contributed by atoms with Crippen LogP contribution in [0.15, 0.2) is 81.8 Å². The lowest BCUT2D eigenvalue weighted by atomic mass is 9.94. The van der Waals surface area contributed by atoms with Crippen molar-refractivity contribution in [1.29, 1.82) is 5.26 Å². The highest BCUT2D eigenvalue weighted by atomic mass is 35.5. The highest BCUT2D eigenvalue weighted by Gasteiger charge is 2.35. The second-order valence-electron chi connectivity index (χ2n) is 7.18. The molecule has 1 aliphatic heterocycles. The maximum absolute atomic E-state index is 13.2. The number of furan rings is 1. The summed E-state index contributed by atoms with van der Waals surface area (Å²) in [7, 11) is 0. The number of nitrogens with zero attached hydrogens (tertiary/aromatic N) is 2. The maximum Gasteiger partial charge on any atom is 0.271 e. The fourth-order valence-corrected chi connectivity index (χ4v) is 3.95. The zero-order chi connectivity index (χ0) is 22.8. The molecule has 0 fully saturated rings. The molecule has 0 bridgehead atoms. The van der Waals surface area contributed by atoms with Crippen LogP contribution in [-0.2, 0) is 16.1 Å². The molecule has 7 heteroatoms. The fourth-order valence-electron chi connectivity index (χ4n) is 3.45. The van der Waals surface area contributed by atoms with E-state index in [1.807, 2.05) is 36.4 Å². The first-order valence-electron chi connectivity index (χ1n) is 9.67. The molecule has 2 amide bonds. The molecule has 5 nitrogen and oxygen atoms in total. The molecule has 0 saturated heterocycles. The molecule has 158 valence electrons. The molecule has 1 aliphatic rings.